The fourth-order valence-electron chi connectivity index (χ4n) is 8.10. The SMILES string of the molecule is CCNC(=O)CCCOc1ccc(CN(C)CCN)c(OC)c1.CCNC(=O)CCCOc1ccc(CN(C)CCNC(=O)CCOCCOCCNC(=O)OCC2c3ccccc3-c3ccccc32)c(OC)c1. The van der Waals surface area contributed by atoms with E-state index < -0.39 is 6.09 Å². The summed E-state index contributed by atoms with van der Waals surface area (Å²) in [5.74, 6) is 3.00. The molecular weight excluding hydrogens is 947 g/mol. The number of ether oxygens (including phenoxy) is 7. The summed E-state index contributed by atoms with van der Waals surface area (Å²) >= 11 is 0. The second kappa shape index (κ2) is 34.9. The predicted octanol–water partition coefficient (Wildman–Crippen LogP) is 5.88. The summed E-state index contributed by atoms with van der Waals surface area (Å²) in [6, 6.07) is 28.0. The Morgan fingerprint density at radius 2 is 1.07 bits per heavy atom. The van der Waals surface area contributed by atoms with Crippen LogP contribution in [0.4, 0.5) is 4.79 Å². The summed E-state index contributed by atoms with van der Waals surface area (Å²) in [7, 11) is 7.28. The van der Waals surface area contributed by atoms with E-state index in [2.05, 4.69) is 55.3 Å². The number of nitrogens with zero attached hydrogens (tertiary/aromatic N) is 2. The molecule has 6 N–H and O–H groups in total. The van der Waals surface area contributed by atoms with Crippen LogP contribution in [0.15, 0.2) is 84.9 Å². The van der Waals surface area contributed by atoms with Gasteiger partial charge in [0.05, 0.1) is 53.9 Å². The number of nitrogens with two attached hydrogens (primary N) is 1. The Hall–Kier alpha value is -6.44. The van der Waals surface area contributed by atoms with Crippen LogP contribution in [0.3, 0.4) is 0 Å². The molecule has 0 saturated carbocycles. The van der Waals surface area contributed by atoms with Crippen molar-refractivity contribution in [2.24, 2.45) is 5.73 Å². The molecule has 0 atom stereocenters. The Morgan fingerprint density at radius 1 is 0.568 bits per heavy atom. The van der Waals surface area contributed by atoms with Crippen molar-refractivity contribution in [1.29, 1.82) is 0 Å². The van der Waals surface area contributed by atoms with Gasteiger partial charge in [0.15, 0.2) is 0 Å². The van der Waals surface area contributed by atoms with Crippen LogP contribution in [-0.2, 0) is 41.7 Å². The molecule has 0 fully saturated rings. The van der Waals surface area contributed by atoms with Gasteiger partial charge in [0.2, 0.25) is 17.7 Å². The van der Waals surface area contributed by atoms with Crippen molar-refractivity contribution in [2.45, 2.75) is 65.0 Å². The zero-order valence-electron chi connectivity index (χ0n) is 44.5. The molecule has 5 rings (SSSR count). The van der Waals surface area contributed by atoms with E-state index in [0.717, 1.165) is 41.5 Å². The summed E-state index contributed by atoms with van der Waals surface area (Å²) in [5, 5.41) is 11.2. The average Bonchev–Trinajstić information content (AvgIpc) is 3.72. The number of rotatable bonds is 34. The molecule has 18 heteroatoms. The summed E-state index contributed by atoms with van der Waals surface area (Å²) in [5.41, 5.74) is 12.4. The summed E-state index contributed by atoms with van der Waals surface area (Å²) < 4.78 is 39.1. The highest BCUT2D eigenvalue weighted by atomic mass is 16.6. The summed E-state index contributed by atoms with van der Waals surface area (Å²) in [6.45, 7) is 12.0. The minimum atomic E-state index is -0.476. The highest BCUT2D eigenvalue weighted by molar-refractivity contribution is 5.79. The second-order valence-corrected chi connectivity index (χ2v) is 17.6. The Kier molecular flexibility index (Phi) is 28.3. The summed E-state index contributed by atoms with van der Waals surface area (Å²) in [6.07, 6.45) is 2.02. The van der Waals surface area contributed by atoms with Gasteiger partial charge in [-0.3, -0.25) is 14.4 Å². The Morgan fingerprint density at radius 3 is 1.58 bits per heavy atom. The molecule has 0 aliphatic heterocycles. The zero-order valence-corrected chi connectivity index (χ0v) is 44.5. The van der Waals surface area contributed by atoms with Crippen molar-refractivity contribution in [3.8, 4) is 34.1 Å². The van der Waals surface area contributed by atoms with Gasteiger partial charge in [-0.05, 0) is 75.2 Å². The normalized spacial score (nSPS) is 11.5. The first kappa shape index (κ1) is 60.1. The van der Waals surface area contributed by atoms with Crippen LogP contribution in [-0.4, -0.2) is 154 Å². The lowest BCUT2D eigenvalue weighted by Crippen LogP contribution is -2.33. The molecule has 4 aromatic carbocycles. The molecule has 0 heterocycles. The highest BCUT2D eigenvalue weighted by Gasteiger charge is 2.29. The lowest BCUT2D eigenvalue weighted by atomic mass is 9.98. The maximum absolute atomic E-state index is 12.3. The molecule has 18 nitrogen and oxygen atoms in total. The Balaban J connectivity index is 0.000000431. The zero-order chi connectivity index (χ0) is 53.3. The number of alkyl carbamates (subject to hydrolysis) is 1. The van der Waals surface area contributed by atoms with Crippen molar-refractivity contribution in [2.75, 3.05) is 120 Å². The molecule has 4 aromatic rings. The van der Waals surface area contributed by atoms with Crippen LogP contribution in [0.1, 0.15) is 74.1 Å². The number of fused-ring (bicyclic) bond motifs is 3. The van der Waals surface area contributed by atoms with Crippen LogP contribution in [0, 0.1) is 0 Å². The first-order chi connectivity index (χ1) is 36.0. The fourth-order valence-corrected chi connectivity index (χ4v) is 8.10. The maximum Gasteiger partial charge on any atom is 0.407 e. The molecule has 0 saturated heterocycles. The van der Waals surface area contributed by atoms with Crippen molar-refractivity contribution in [3.63, 3.8) is 0 Å². The summed E-state index contributed by atoms with van der Waals surface area (Å²) in [4.78, 5) is 51.7. The molecule has 0 bridgehead atoms. The third-order valence-corrected chi connectivity index (χ3v) is 11.8. The van der Waals surface area contributed by atoms with Gasteiger partial charge >= 0.3 is 6.09 Å². The number of benzene rings is 4. The van der Waals surface area contributed by atoms with Crippen LogP contribution in [0.2, 0.25) is 0 Å². The lowest BCUT2D eigenvalue weighted by Gasteiger charge is -2.19. The van der Waals surface area contributed by atoms with Gasteiger partial charge in [-0.25, -0.2) is 4.79 Å². The number of carbonyl (C=O) groups excluding carboxylic acids is 4. The minimum Gasteiger partial charge on any atom is -0.496 e. The third kappa shape index (κ3) is 22.0. The number of carbonyl (C=O) groups is 4. The quantitative estimate of drug-likeness (QED) is 0.0346. The molecule has 1 aliphatic carbocycles. The van der Waals surface area contributed by atoms with E-state index in [1.54, 1.807) is 14.2 Å². The standard InChI is InChI=1S/C39H52N4O8.C17H29N3O3/c1-4-40-37(44)14-9-21-50-30-16-15-29(36(26-30)47-3)27-43(2)20-18-41-38(45)17-22-48-24-25-49-23-19-42-39(46)51-28-35-33-12-7-5-10-31(33)32-11-6-8-13-34(32)35;1-4-19-17(21)6-5-11-23-15-8-7-14(16(12-15)22-3)13-20(2)10-9-18/h5-8,10-13,15-16,26,35H,4,9,14,17-25,27-28H2,1-3H3,(H,40,44)(H,41,45)(H,42,46);7-8,12H,4-6,9-11,13,18H2,1-3H3,(H,19,21). The molecule has 0 aromatic heterocycles. The molecule has 4 amide bonds. The molecular formula is C56H81N7O11. The third-order valence-electron chi connectivity index (χ3n) is 11.8. The van der Waals surface area contributed by atoms with Gasteiger partial charge in [-0.15, -0.1) is 0 Å². The first-order valence-corrected chi connectivity index (χ1v) is 25.7. The van der Waals surface area contributed by atoms with E-state index in [1.165, 1.54) is 22.3 Å². The van der Waals surface area contributed by atoms with Gasteiger partial charge in [0.25, 0.3) is 0 Å². The van der Waals surface area contributed by atoms with Gasteiger partial charge < -0.3 is 70.0 Å². The van der Waals surface area contributed by atoms with E-state index in [1.807, 2.05) is 88.6 Å². The number of hydrogen-bond acceptors (Lipinski definition) is 14. The lowest BCUT2D eigenvalue weighted by molar-refractivity contribution is -0.122. The molecule has 74 heavy (non-hydrogen) atoms. The number of methoxy groups -OCH3 is 2. The highest BCUT2D eigenvalue weighted by Crippen LogP contribution is 2.44. The predicted molar refractivity (Wildman–Crippen MR) is 287 cm³/mol. The van der Waals surface area contributed by atoms with E-state index in [-0.39, 0.29) is 36.7 Å². The van der Waals surface area contributed by atoms with Gasteiger partial charge in [0, 0.05) is 107 Å². The van der Waals surface area contributed by atoms with E-state index in [4.69, 9.17) is 38.9 Å². The van der Waals surface area contributed by atoms with E-state index in [0.29, 0.717) is 117 Å². The van der Waals surface area contributed by atoms with Crippen LogP contribution < -0.4 is 45.9 Å². The fraction of sp³-hybridized carbons (Fsp3) is 0.500. The molecule has 0 spiro atoms. The van der Waals surface area contributed by atoms with Crippen LogP contribution in [0.25, 0.3) is 11.1 Å². The largest absolute Gasteiger partial charge is 0.496 e. The molecule has 0 radical (unpaired) electrons. The monoisotopic (exact) mass is 1030 g/mol. The van der Waals surface area contributed by atoms with Crippen molar-refractivity contribution < 1.29 is 52.3 Å². The molecule has 0 unspecified atom stereocenters. The number of amides is 4. The smallest absolute Gasteiger partial charge is 0.407 e. The second-order valence-electron chi connectivity index (χ2n) is 17.6. The van der Waals surface area contributed by atoms with Crippen molar-refractivity contribution >= 4 is 23.8 Å². The van der Waals surface area contributed by atoms with Gasteiger partial charge in [0.1, 0.15) is 29.6 Å². The minimum absolute atomic E-state index is 0.0184. The van der Waals surface area contributed by atoms with Crippen molar-refractivity contribution in [1.82, 2.24) is 31.1 Å². The van der Waals surface area contributed by atoms with Crippen LogP contribution >= 0.6 is 0 Å². The Labute approximate surface area is 438 Å². The maximum atomic E-state index is 12.3. The van der Waals surface area contributed by atoms with E-state index >= 15 is 0 Å². The Bertz CT molecular complexity index is 2260. The number of nitrogens with one attached hydrogen (secondary N) is 4. The number of likely N-dealkylation sites (N-methyl/N-ethyl adjacent to an activating group) is 2. The number of hydrogen-bond donors (Lipinski definition) is 5. The topological polar surface area (TPSA) is 214 Å². The average molecular weight is 1030 g/mol. The van der Waals surface area contributed by atoms with Crippen molar-refractivity contribution in [3.05, 3.63) is 107 Å². The van der Waals surface area contributed by atoms with Crippen LogP contribution in [0.5, 0.6) is 23.0 Å². The molecule has 1 aliphatic rings. The first-order valence-electron chi connectivity index (χ1n) is 25.7. The van der Waals surface area contributed by atoms with Gasteiger partial charge in [-0.2, -0.15) is 0 Å². The molecule has 406 valence electrons. The van der Waals surface area contributed by atoms with E-state index in [9.17, 15) is 19.2 Å². The van der Waals surface area contributed by atoms with Gasteiger partial charge in [-0.1, -0.05) is 60.7 Å².